The molecule has 0 radical (unpaired) electrons. The number of aryl methyl sites for hydroxylation is 2. The first-order chi connectivity index (χ1) is 12.2. The van der Waals surface area contributed by atoms with E-state index in [-0.39, 0.29) is 24.2 Å². The van der Waals surface area contributed by atoms with Crippen molar-refractivity contribution in [1.29, 1.82) is 0 Å². The van der Waals surface area contributed by atoms with Crippen LogP contribution in [0.4, 0.5) is 0 Å². The second-order valence-corrected chi connectivity index (χ2v) is 8.18. The lowest BCUT2D eigenvalue weighted by molar-refractivity contribution is -0.124. The Morgan fingerprint density at radius 1 is 1.27 bits per heavy atom. The van der Waals surface area contributed by atoms with Gasteiger partial charge in [0.05, 0.1) is 6.04 Å². The summed E-state index contributed by atoms with van der Waals surface area (Å²) in [7, 11) is 0. The molecule has 1 aliphatic rings. The Hall–Kier alpha value is -2.01. The molecule has 1 aliphatic heterocycles. The van der Waals surface area contributed by atoms with Crippen molar-refractivity contribution >= 4 is 21.8 Å². The van der Waals surface area contributed by atoms with Gasteiger partial charge < -0.3 is 14.8 Å². The van der Waals surface area contributed by atoms with E-state index in [4.69, 9.17) is 9.47 Å². The number of hydrogen-bond acceptors (Lipinski definition) is 3. The van der Waals surface area contributed by atoms with Crippen LogP contribution in [0.3, 0.4) is 0 Å². The molecular formula is C21H24BrNO3. The average Bonchev–Trinajstić information content (AvgIpc) is 2.56. The minimum Gasteiger partial charge on any atom is -0.487 e. The monoisotopic (exact) mass is 417 g/mol. The van der Waals surface area contributed by atoms with E-state index in [0.29, 0.717) is 12.2 Å². The van der Waals surface area contributed by atoms with Gasteiger partial charge in [-0.25, -0.2) is 0 Å². The molecule has 2 aromatic rings. The molecule has 0 bridgehead atoms. The number of hydrogen-bond donors (Lipinski definition) is 1. The summed E-state index contributed by atoms with van der Waals surface area (Å²) in [5, 5.41) is 3.09. The highest BCUT2D eigenvalue weighted by Crippen LogP contribution is 2.39. The predicted octanol–water partition coefficient (Wildman–Crippen LogP) is 4.86. The molecule has 26 heavy (non-hydrogen) atoms. The van der Waals surface area contributed by atoms with Crippen molar-refractivity contribution in [1.82, 2.24) is 5.32 Å². The predicted molar refractivity (Wildman–Crippen MR) is 106 cm³/mol. The summed E-state index contributed by atoms with van der Waals surface area (Å²) in [6.07, 6.45) is 0.715. The van der Waals surface area contributed by atoms with Crippen molar-refractivity contribution in [2.75, 3.05) is 6.61 Å². The van der Waals surface area contributed by atoms with E-state index in [1.54, 1.807) is 0 Å². The molecule has 4 nitrogen and oxygen atoms in total. The van der Waals surface area contributed by atoms with Crippen molar-refractivity contribution in [3.05, 3.63) is 57.6 Å². The number of benzene rings is 2. The smallest absolute Gasteiger partial charge is 0.258 e. The summed E-state index contributed by atoms with van der Waals surface area (Å²) in [5.41, 5.74) is 2.85. The van der Waals surface area contributed by atoms with E-state index >= 15 is 0 Å². The Bertz CT molecular complexity index is 809. The zero-order valence-corrected chi connectivity index (χ0v) is 17.1. The van der Waals surface area contributed by atoms with Gasteiger partial charge in [0.15, 0.2) is 6.61 Å². The van der Waals surface area contributed by atoms with Crippen molar-refractivity contribution in [3.63, 3.8) is 0 Å². The van der Waals surface area contributed by atoms with Gasteiger partial charge in [0, 0.05) is 16.5 Å². The van der Waals surface area contributed by atoms with Crippen LogP contribution in [-0.2, 0) is 4.79 Å². The molecular weight excluding hydrogens is 394 g/mol. The van der Waals surface area contributed by atoms with Gasteiger partial charge in [-0.15, -0.1) is 0 Å². The molecule has 5 heteroatoms. The van der Waals surface area contributed by atoms with Gasteiger partial charge >= 0.3 is 0 Å². The number of carbonyl (C=O) groups is 1. The van der Waals surface area contributed by atoms with E-state index < -0.39 is 0 Å². The van der Waals surface area contributed by atoms with E-state index in [1.807, 2.05) is 64.1 Å². The fraction of sp³-hybridized carbons (Fsp3) is 0.381. The van der Waals surface area contributed by atoms with Crippen LogP contribution in [-0.4, -0.2) is 18.1 Å². The maximum absolute atomic E-state index is 12.5. The summed E-state index contributed by atoms with van der Waals surface area (Å²) < 4.78 is 12.8. The molecule has 2 aromatic carbocycles. The second kappa shape index (κ2) is 7.31. The normalized spacial score (nSPS) is 17.8. The summed E-state index contributed by atoms with van der Waals surface area (Å²) in [5.74, 6) is 1.39. The number of rotatable bonds is 4. The van der Waals surface area contributed by atoms with Gasteiger partial charge in [-0.05, 0) is 57.0 Å². The fourth-order valence-electron chi connectivity index (χ4n) is 3.31. The van der Waals surface area contributed by atoms with Crippen LogP contribution in [0.15, 0.2) is 40.9 Å². The standard InChI is InChI=1S/C21H24BrNO3/c1-13-9-15(10-14(2)20(13)22)25-12-19(24)23-17-11-21(3,4)26-18-8-6-5-7-16(17)18/h5-10,17H,11-12H2,1-4H3,(H,23,24). The first-order valence-corrected chi connectivity index (χ1v) is 9.51. The first kappa shape index (κ1) is 18.8. The molecule has 1 unspecified atom stereocenters. The van der Waals surface area contributed by atoms with Gasteiger partial charge in [0.25, 0.3) is 5.91 Å². The number of amides is 1. The molecule has 0 aliphatic carbocycles. The first-order valence-electron chi connectivity index (χ1n) is 8.72. The molecule has 1 amide bonds. The Balaban J connectivity index is 1.67. The second-order valence-electron chi connectivity index (χ2n) is 7.38. The lowest BCUT2D eigenvalue weighted by Gasteiger charge is -2.37. The lowest BCUT2D eigenvalue weighted by Crippen LogP contribution is -2.42. The van der Waals surface area contributed by atoms with Crippen LogP contribution < -0.4 is 14.8 Å². The molecule has 0 aromatic heterocycles. The molecule has 0 spiro atoms. The minimum atomic E-state index is -0.326. The average molecular weight is 418 g/mol. The van der Waals surface area contributed by atoms with Crippen LogP contribution in [0.5, 0.6) is 11.5 Å². The highest BCUT2D eigenvalue weighted by atomic mass is 79.9. The Kier molecular flexibility index (Phi) is 5.28. The van der Waals surface area contributed by atoms with Crippen LogP contribution in [0.2, 0.25) is 0 Å². The third kappa shape index (κ3) is 4.21. The van der Waals surface area contributed by atoms with Crippen molar-refractivity contribution in [2.24, 2.45) is 0 Å². The summed E-state index contributed by atoms with van der Waals surface area (Å²) in [4.78, 5) is 12.5. The molecule has 138 valence electrons. The SMILES string of the molecule is Cc1cc(OCC(=O)NC2CC(C)(C)Oc3ccccc32)cc(C)c1Br. The number of ether oxygens (including phenoxy) is 2. The Morgan fingerprint density at radius 2 is 1.92 bits per heavy atom. The summed E-state index contributed by atoms with van der Waals surface area (Å²) in [6, 6.07) is 11.6. The molecule has 1 N–H and O–H groups in total. The highest BCUT2D eigenvalue weighted by molar-refractivity contribution is 9.10. The summed E-state index contributed by atoms with van der Waals surface area (Å²) in [6.45, 7) is 8.06. The lowest BCUT2D eigenvalue weighted by atomic mass is 9.90. The van der Waals surface area contributed by atoms with Gasteiger partial charge in [0.2, 0.25) is 0 Å². The molecule has 1 heterocycles. The number of carbonyl (C=O) groups excluding carboxylic acids is 1. The molecule has 0 saturated carbocycles. The number of halogens is 1. The Morgan fingerprint density at radius 3 is 2.62 bits per heavy atom. The van der Waals surface area contributed by atoms with Gasteiger partial charge in [0.1, 0.15) is 17.1 Å². The zero-order valence-electron chi connectivity index (χ0n) is 15.6. The maximum Gasteiger partial charge on any atom is 0.258 e. The minimum absolute atomic E-state index is 0.0134. The van der Waals surface area contributed by atoms with Crippen molar-refractivity contribution in [2.45, 2.75) is 45.8 Å². The molecule has 1 atom stereocenters. The number of fused-ring (bicyclic) bond motifs is 1. The topological polar surface area (TPSA) is 47.6 Å². The number of para-hydroxylation sites is 1. The third-order valence-corrected chi connectivity index (χ3v) is 5.74. The largest absolute Gasteiger partial charge is 0.487 e. The quantitative estimate of drug-likeness (QED) is 0.771. The van der Waals surface area contributed by atoms with E-state index in [0.717, 1.165) is 26.9 Å². The van der Waals surface area contributed by atoms with Gasteiger partial charge in [-0.3, -0.25) is 4.79 Å². The third-order valence-electron chi connectivity index (χ3n) is 4.49. The van der Waals surface area contributed by atoms with Gasteiger partial charge in [-0.2, -0.15) is 0 Å². The van der Waals surface area contributed by atoms with Crippen LogP contribution in [0.25, 0.3) is 0 Å². The molecule has 0 saturated heterocycles. The maximum atomic E-state index is 12.5. The summed E-state index contributed by atoms with van der Waals surface area (Å²) >= 11 is 3.54. The van der Waals surface area contributed by atoms with Crippen molar-refractivity contribution < 1.29 is 14.3 Å². The number of nitrogens with one attached hydrogen (secondary N) is 1. The van der Waals surface area contributed by atoms with E-state index in [2.05, 4.69) is 21.2 Å². The van der Waals surface area contributed by atoms with Crippen LogP contribution in [0, 0.1) is 13.8 Å². The van der Waals surface area contributed by atoms with Crippen LogP contribution in [0.1, 0.15) is 43.0 Å². The van der Waals surface area contributed by atoms with Crippen molar-refractivity contribution in [3.8, 4) is 11.5 Å². The van der Waals surface area contributed by atoms with E-state index in [9.17, 15) is 4.79 Å². The molecule has 3 rings (SSSR count). The zero-order chi connectivity index (χ0) is 18.9. The highest BCUT2D eigenvalue weighted by Gasteiger charge is 2.34. The van der Waals surface area contributed by atoms with E-state index in [1.165, 1.54) is 0 Å². The van der Waals surface area contributed by atoms with Gasteiger partial charge in [-0.1, -0.05) is 34.1 Å². The Labute approximate surface area is 163 Å². The molecule has 0 fully saturated rings. The van der Waals surface area contributed by atoms with Crippen LogP contribution >= 0.6 is 15.9 Å². The fourth-order valence-corrected chi connectivity index (χ4v) is 3.53.